The third kappa shape index (κ3) is 1.22. The third-order valence-corrected chi connectivity index (χ3v) is 2.03. The van der Waals surface area contributed by atoms with Crippen LogP contribution in [0.2, 0.25) is 0 Å². The highest BCUT2D eigenvalue weighted by Crippen LogP contribution is 2.38. The molecular weight excluding hydrogens is 220 g/mol. The van der Waals surface area contributed by atoms with Gasteiger partial charge in [0.15, 0.2) is 11.4 Å². The van der Waals surface area contributed by atoms with Crippen LogP contribution in [-0.4, -0.2) is 24.8 Å². The third-order valence-electron chi connectivity index (χ3n) is 2.03. The lowest BCUT2D eigenvalue weighted by Gasteiger charge is -2.03. The molecule has 0 aromatic heterocycles. The summed E-state index contributed by atoms with van der Waals surface area (Å²) in [5.41, 5.74) is -1.27. The van der Waals surface area contributed by atoms with E-state index in [1.165, 1.54) is 0 Å². The Morgan fingerprint density at radius 3 is 2.44 bits per heavy atom. The smallest absolute Gasteiger partial charge is 0.305 e. The molecule has 0 radical (unpaired) electrons. The first-order valence-corrected chi connectivity index (χ1v) is 4.00. The molecule has 0 amide bonds. The number of nitro groups is 2. The van der Waals surface area contributed by atoms with Crippen LogP contribution in [0.25, 0.3) is 11.4 Å². The average molecular weight is 224 g/mol. The van der Waals surface area contributed by atoms with Crippen LogP contribution in [0.1, 0.15) is 0 Å². The highest BCUT2D eigenvalue weighted by molar-refractivity contribution is 5.79. The summed E-state index contributed by atoms with van der Waals surface area (Å²) in [6, 6.07) is 0.969. The molecule has 0 bridgehead atoms. The summed E-state index contributed by atoms with van der Waals surface area (Å²) in [7, 11) is 0. The van der Waals surface area contributed by atoms with Crippen molar-refractivity contribution < 1.29 is 15.1 Å². The molecule has 0 saturated heterocycles. The van der Waals surface area contributed by atoms with Gasteiger partial charge in [-0.15, -0.1) is 0 Å². The van der Waals surface area contributed by atoms with Gasteiger partial charge in [0.25, 0.3) is 5.69 Å². The summed E-state index contributed by atoms with van der Waals surface area (Å²) in [6.45, 7) is 0. The predicted octanol–water partition coefficient (Wildman–Crippen LogP) is 1.04. The molecule has 82 valence electrons. The summed E-state index contributed by atoms with van der Waals surface area (Å²) < 4.78 is 0.495. The van der Waals surface area contributed by atoms with Gasteiger partial charge in [0, 0.05) is 6.07 Å². The first-order chi connectivity index (χ1) is 7.52. The molecule has 0 spiro atoms. The van der Waals surface area contributed by atoms with Crippen LogP contribution >= 0.6 is 0 Å². The quantitative estimate of drug-likeness (QED) is 0.461. The average Bonchev–Trinajstić information content (AvgIpc) is 2.62. The molecule has 0 saturated carbocycles. The molecule has 2 aliphatic rings. The fourth-order valence-corrected chi connectivity index (χ4v) is 1.37. The lowest BCUT2D eigenvalue weighted by atomic mass is 10.2. The van der Waals surface area contributed by atoms with E-state index in [1.807, 2.05) is 0 Å². The summed E-state index contributed by atoms with van der Waals surface area (Å²) in [5.74, 6) is -0.221. The zero-order valence-corrected chi connectivity index (χ0v) is 7.60. The van der Waals surface area contributed by atoms with Crippen LogP contribution in [0.3, 0.4) is 0 Å². The van der Waals surface area contributed by atoms with Crippen LogP contribution in [0, 0.1) is 20.2 Å². The Hall–Kier alpha value is -2.71. The summed E-state index contributed by atoms with van der Waals surface area (Å²) in [6.07, 6.45) is 1.86. The first-order valence-electron chi connectivity index (χ1n) is 4.00. The van der Waals surface area contributed by atoms with Crippen LogP contribution in [-0.2, 0) is 0 Å². The molecule has 2 rings (SSSR count). The number of hydrogen-bond donors (Lipinski definition) is 1. The largest absolute Gasteiger partial charge is 0.427 e. The fourth-order valence-electron chi connectivity index (χ4n) is 1.37. The van der Waals surface area contributed by atoms with E-state index < -0.39 is 21.2 Å². The Labute approximate surface area is 87.2 Å². The van der Waals surface area contributed by atoms with Crippen LogP contribution in [0.4, 0.5) is 11.4 Å². The second-order valence-corrected chi connectivity index (χ2v) is 2.90. The van der Waals surface area contributed by atoms with E-state index in [4.69, 9.17) is 0 Å². The van der Waals surface area contributed by atoms with Crippen LogP contribution in [0.15, 0.2) is 18.5 Å². The van der Waals surface area contributed by atoms with Gasteiger partial charge < -0.3 is 5.21 Å². The van der Waals surface area contributed by atoms with Crippen LogP contribution in [0.5, 0.6) is 0 Å². The molecular formula is C7H4N4O5. The predicted molar refractivity (Wildman–Crippen MR) is 49.3 cm³/mol. The van der Waals surface area contributed by atoms with Crippen molar-refractivity contribution in [1.29, 1.82) is 0 Å². The molecule has 2 aliphatic heterocycles. The van der Waals surface area contributed by atoms with Gasteiger partial charge in [-0.1, -0.05) is 0 Å². The van der Waals surface area contributed by atoms with Crippen molar-refractivity contribution in [3.05, 3.63) is 38.7 Å². The molecule has 0 atom stereocenters. The van der Waals surface area contributed by atoms with Gasteiger partial charge in [0.05, 0.1) is 16.0 Å². The molecule has 0 unspecified atom stereocenters. The van der Waals surface area contributed by atoms with Gasteiger partial charge in [-0.3, -0.25) is 20.2 Å². The van der Waals surface area contributed by atoms with E-state index >= 15 is 0 Å². The number of nitrogens with zero attached hydrogens (tertiary/aromatic N) is 4. The maximum Gasteiger partial charge on any atom is 0.305 e. The molecule has 16 heavy (non-hydrogen) atoms. The molecule has 0 fully saturated rings. The highest BCUT2D eigenvalue weighted by Gasteiger charge is 2.32. The Bertz CT molecular complexity index is 562. The Balaban J connectivity index is 2.82. The van der Waals surface area contributed by atoms with Crippen molar-refractivity contribution in [2.24, 2.45) is 0 Å². The summed E-state index contributed by atoms with van der Waals surface area (Å²) in [5, 5.41) is 30.6. The Morgan fingerprint density at radius 1 is 1.25 bits per heavy atom. The first kappa shape index (κ1) is 9.83. The zero-order chi connectivity index (χ0) is 11.9. The van der Waals surface area contributed by atoms with Gasteiger partial charge in [0.2, 0.25) is 0 Å². The highest BCUT2D eigenvalue weighted by atomic mass is 16.6. The van der Waals surface area contributed by atoms with Crippen molar-refractivity contribution in [2.75, 3.05) is 0 Å². The molecule has 0 aliphatic carbocycles. The molecule has 0 aromatic rings. The molecule has 9 nitrogen and oxygen atoms in total. The van der Waals surface area contributed by atoms with Crippen LogP contribution < -0.4 is 0 Å². The van der Waals surface area contributed by atoms with E-state index in [2.05, 4.69) is 4.98 Å². The minimum Gasteiger partial charge on any atom is -0.427 e. The van der Waals surface area contributed by atoms with Crippen molar-refractivity contribution in [2.45, 2.75) is 0 Å². The lowest BCUT2D eigenvalue weighted by molar-refractivity contribution is -0.392. The van der Waals surface area contributed by atoms with E-state index in [-0.39, 0.29) is 11.4 Å². The maximum absolute atomic E-state index is 10.7. The van der Waals surface area contributed by atoms with Gasteiger partial charge in [-0.05, 0) is 0 Å². The van der Waals surface area contributed by atoms with Crippen molar-refractivity contribution >= 4 is 11.4 Å². The number of aromatic nitrogens is 2. The Kier molecular flexibility index (Phi) is 1.94. The molecule has 0 aromatic carbocycles. The van der Waals surface area contributed by atoms with Crippen molar-refractivity contribution in [3.8, 4) is 11.4 Å². The number of pyridine rings is 1. The fraction of sp³-hybridized carbons (Fsp3) is 0. The summed E-state index contributed by atoms with van der Waals surface area (Å²) in [4.78, 5) is 23.3. The SMILES string of the molecule is O=[N+]([O-])c1ccn(O)c2ncc([N+](=O)[O-])c1-2. The molecule has 2 heterocycles. The topological polar surface area (TPSA) is 124 Å². The van der Waals surface area contributed by atoms with E-state index in [1.54, 1.807) is 0 Å². The van der Waals surface area contributed by atoms with Gasteiger partial charge >= 0.3 is 5.69 Å². The van der Waals surface area contributed by atoms with E-state index in [9.17, 15) is 25.4 Å². The van der Waals surface area contributed by atoms with Crippen molar-refractivity contribution in [3.63, 3.8) is 0 Å². The van der Waals surface area contributed by atoms with Gasteiger partial charge in [-0.25, -0.2) is 4.98 Å². The normalized spacial score (nSPS) is 10.5. The molecule has 1 N–H and O–H groups in total. The number of rotatable bonds is 2. The molecule has 9 heteroatoms. The number of hydrogen-bond acceptors (Lipinski definition) is 6. The minimum absolute atomic E-state index is 0.221. The summed E-state index contributed by atoms with van der Waals surface area (Å²) >= 11 is 0. The maximum atomic E-state index is 10.7. The second-order valence-electron chi connectivity index (χ2n) is 2.90. The minimum atomic E-state index is -0.789. The van der Waals surface area contributed by atoms with E-state index in [0.29, 0.717) is 4.73 Å². The second kappa shape index (κ2) is 3.15. The van der Waals surface area contributed by atoms with Crippen molar-refractivity contribution in [1.82, 2.24) is 9.71 Å². The lowest BCUT2D eigenvalue weighted by Crippen LogP contribution is -2.02. The monoisotopic (exact) mass is 224 g/mol. The zero-order valence-electron chi connectivity index (χ0n) is 7.60. The number of fused-ring (bicyclic) bond motifs is 1. The Morgan fingerprint density at radius 2 is 1.88 bits per heavy atom. The van der Waals surface area contributed by atoms with E-state index in [0.717, 1.165) is 18.5 Å². The standard InChI is InChI=1S/C7H4N4O5/c12-9-2-1-4(10(13)14)6-5(11(15)16)3-8-7(6)9/h1-3,12H. The van der Waals surface area contributed by atoms with Gasteiger partial charge in [0.1, 0.15) is 6.20 Å². The van der Waals surface area contributed by atoms with Gasteiger partial charge in [-0.2, -0.15) is 4.73 Å².